The molecule has 17 nitrogen and oxygen atoms in total. The average Bonchev–Trinajstić information content (AvgIpc) is 3.98. The quantitative estimate of drug-likeness (QED) is 0.126. The van der Waals surface area contributed by atoms with Crippen LogP contribution in [0, 0.1) is 13.8 Å². The number of nitrogens with two attached hydrogens (primary N) is 1. The summed E-state index contributed by atoms with van der Waals surface area (Å²) < 4.78 is 23.1. The van der Waals surface area contributed by atoms with Crippen molar-refractivity contribution >= 4 is 39.8 Å². The van der Waals surface area contributed by atoms with Gasteiger partial charge in [-0.2, -0.15) is 20.2 Å². The predicted octanol–water partition coefficient (Wildman–Crippen LogP) is 4.04. The number of morpholine rings is 1. The first-order chi connectivity index (χ1) is 29.3. The SMILES string of the molecule is CCn1nc(C)cc1C(=O)/N=c1\n(C)c2ccccc2n1C/C(C)=C(\C)Cn1/c(=N/C(=O)c2cc(C)nn2CC)n(C)c2cc(C(N)=O)cc(OCCCN3CCOCC3)c21. The summed E-state index contributed by atoms with van der Waals surface area (Å²) in [4.78, 5) is 52.3. The number of ether oxygens (including phenoxy) is 2. The van der Waals surface area contributed by atoms with Gasteiger partial charge in [0.1, 0.15) is 22.7 Å². The van der Waals surface area contributed by atoms with Crippen LogP contribution in [0.2, 0.25) is 0 Å². The normalized spacial score (nSPS) is 14.7. The van der Waals surface area contributed by atoms with Gasteiger partial charge in [-0.1, -0.05) is 23.3 Å². The number of nitrogens with zero attached hydrogens (tertiary/aromatic N) is 11. The largest absolute Gasteiger partial charge is 0.491 e. The number of fused-ring (bicyclic) bond motifs is 2. The van der Waals surface area contributed by atoms with Gasteiger partial charge >= 0.3 is 0 Å². The fraction of sp³-hybridized carbons (Fsp3) is 0.432. The number of hydrogen-bond acceptors (Lipinski definition) is 8. The Hall–Kier alpha value is -6.33. The zero-order chi connectivity index (χ0) is 43.5. The van der Waals surface area contributed by atoms with Gasteiger partial charge in [0, 0.05) is 65.5 Å². The molecule has 3 amide bonds. The number of aromatic nitrogens is 8. The molecule has 7 rings (SSSR count). The van der Waals surface area contributed by atoms with Gasteiger partial charge in [0.05, 0.1) is 47.8 Å². The molecule has 61 heavy (non-hydrogen) atoms. The maximum absolute atomic E-state index is 14.0. The van der Waals surface area contributed by atoms with E-state index in [1.165, 1.54) is 0 Å². The van der Waals surface area contributed by atoms with Gasteiger partial charge in [0.2, 0.25) is 17.1 Å². The first-order valence-corrected chi connectivity index (χ1v) is 20.8. The van der Waals surface area contributed by atoms with Gasteiger partial charge in [-0.15, -0.1) is 0 Å². The van der Waals surface area contributed by atoms with E-state index in [-0.39, 0.29) is 11.5 Å². The summed E-state index contributed by atoms with van der Waals surface area (Å²) in [6.45, 7) is 17.8. The Bertz CT molecular complexity index is 2820. The molecule has 2 aromatic carbocycles. The highest BCUT2D eigenvalue weighted by atomic mass is 16.5. The number of carbonyl (C=O) groups excluding carboxylic acids is 3. The first-order valence-electron chi connectivity index (χ1n) is 20.8. The van der Waals surface area contributed by atoms with E-state index in [0.29, 0.717) is 91.1 Å². The van der Waals surface area contributed by atoms with Crippen LogP contribution in [0.1, 0.15) is 76.8 Å². The highest BCUT2D eigenvalue weighted by Crippen LogP contribution is 2.29. The molecule has 17 heteroatoms. The van der Waals surface area contributed by atoms with Crippen LogP contribution in [-0.4, -0.2) is 99.9 Å². The number of carbonyl (C=O) groups is 3. The van der Waals surface area contributed by atoms with Crippen molar-refractivity contribution in [3.05, 3.63) is 99.3 Å². The molecule has 0 saturated carbocycles. The van der Waals surface area contributed by atoms with Crippen molar-refractivity contribution in [3.8, 4) is 5.75 Å². The van der Waals surface area contributed by atoms with E-state index in [1.54, 1.807) is 38.2 Å². The average molecular weight is 833 g/mol. The fourth-order valence-corrected chi connectivity index (χ4v) is 7.96. The highest BCUT2D eigenvalue weighted by Gasteiger charge is 2.22. The summed E-state index contributed by atoms with van der Waals surface area (Å²) in [7, 11) is 3.72. The smallest absolute Gasteiger partial charge is 0.298 e. The minimum atomic E-state index is -0.599. The molecule has 2 N–H and O–H groups in total. The van der Waals surface area contributed by atoms with Gasteiger partial charge in [-0.3, -0.25) is 28.6 Å². The van der Waals surface area contributed by atoms with E-state index in [4.69, 9.17) is 25.2 Å². The molecule has 0 aliphatic carbocycles. The van der Waals surface area contributed by atoms with E-state index >= 15 is 0 Å². The van der Waals surface area contributed by atoms with Crippen molar-refractivity contribution in [2.24, 2.45) is 29.8 Å². The lowest BCUT2D eigenvalue weighted by atomic mass is 10.1. The van der Waals surface area contributed by atoms with Crippen LogP contribution < -0.4 is 21.7 Å². The maximum Gasteiger partial charge on any atom is 0.298 e. The zero-order valence-electron chi connectivity index (χ0n) is 36.4. The van der Waals surface area contributed by atoms with E-state index < -0.39 is 11.8 Å². The van der Waals surface area contributed by atoms with Gasteiger partial charge in [-0.05, 0) is 84.4 Å². The summed E-state index contributed by atoms with van der Waals surface area (Å²) in [5.74, 6) is -0.972. The molecule has 0 atom stereocenters. The minimum absolute atomic E-state index is 0.278. The number of primary amides is 1. The third kappa shape index (κ3) is 8.79. The molecule has 0 spiro atoms. The van der Waals surface area contributed by atoms with E-state index in [1.807, 2.05) is 86.7 Å². The van der Waals surface area contributed by atoms with Crippen molar-refractivity contribution in [2.75, 3.05) is 39.5 Å². The Balaban J connectivity index is 1.34. The molecular formula is C44H56N12O5. The second kappa shape index (κ2) is 18.1. The Morgan fingerprint density at radius 2 is 1.31 bits per heavy atom. The Labute approximate surface area is 354 Å². The topological polar surface area (TPSA) is 179 Å². The fourth-order valence-electron chi connectivity index (χ4n) is 7.96. The molecule has 1 saturated heterocycles. The summed E-state index contributed by atoms with van der Waals surface area (Å²) in [5.41, 5.74) is 14.4. The molecule has 6 aromatic rings. The van der Waals surface area contributed by atoms with Crippen LogP contribution in [0.15, 0.2) is 69.7 Å². The Morgan fingerprint density at radius 1 is 0.770 bits per heavy atom. The summed E-state index contributed by atoms with van der Waals surface area (Å²) in [6.07, 6.45) is 0.752. The molecule has 5 heterocycles. The second-order valence-electron chi connectivity index (χ2n) is 15.6. The van der Waals surface area contributed by atoms with E-state index in [2.05, 4.69) is 22.0 Å². The van der Waals surface area contributed by atoms with Gasteiger partial charge < -0.3 is 33.5 Å². The molecular weight excluding hydrogens is 777 g/mol. The lowest BCUT2D eigenvalue weighted by Crippen LogP contribution is -2.37. The molecule has 1 aliphatic rings. The Kier molecular flexibility index (Phi) is 12.7. The molecule has 4 aromatic heterocycles. The standard InChI is InChI=1S/C44H56N12O5/c1-9-55-36(22-30(5)48-55)41(58)46-43-50(7)33-14-11-12-15-34(33)53(43)26-28(3)29(4)27-54-39-35(51(8)44(54)47-42(59)37-23-31(6)49-56(37)10-2)24-32(40(45)57)25-38(39)61-19-13-16-52-17-20-60-21-18-52/h11-12,14-15,22-25H,9-10,13,16-21,26-27H2,1-8H3,(H2,45,57)/b29-28+,46-43+,47-44+. The van der Waals surface area contributed by atoms with Crippen molar-refractivity contribution in [2.45, 2.75) is 74.1 Å². The summed E-state index contributed by atoms with van der Waals surface area (Å²) in [6, 6.07) is 14.8. The van der Waals surface area contributed by atoms with Gasteiger partial charge in [-0.25, -0.2) is 0 Å². The number of para-hydroxylation sites is 2. The number of hydrogen-bond donors (Lipinski definition) is 1. The Morgan fingerprint density at radius 3 is 1.89 bits per heavy atom. The summed E-state index contributed by atoms with van der Waals surface area (Å²) in [5, 5.41) is 8.95. The number of allylic oxidation sites excluding steroid dienone is 2. The number of aryl methyl sites for hydroxylation is 6. The molecule has 0 radical (unpaired) electrons. The zero-order valence-corrected chi connectivity index (χ0v) is 36.4. The van der Waals surface area contributed by atoms with Crippen LogP contribution in [0.3, 0.4) is 0 Å². The van der Waals surface area contributed by atoms with Crippen molar-refractivity contribution < 1.29 is 23.9 Å². The van der Waals surface area contributed by atoms with Crippen LogP contribution in [0.4, 0.5) is 0 Å². The van der Waals surface area contributed by atoms with Crippen LogP contribution in [0.5, 0.6) is 5.75 Å². The van der Waals surface area contributed by atoms with E-state index in [0.717, 1.165) is 53.9 Å². The number of rotatable bonds is 14. The lowest BCUT2D eigenvalue weighted by Gasteiger charge is -2.26. The van der Waals surface area contributed by atoms with Crippen LogP contribution in [-0.2, 0) is 45.0 Å². The number of benzene rings is 2. The third-order valence-corrected chi connectivity index (χ3v) is 11.3. The summed E-state index contributed by atoms with van der Waals surface area (Å²) >= 11 is 0. The number of amides is 3. The molecule has 322 valence electrons. The third-order valence-electron chi connectivity index (χ3n) is 11.3. The second-order valence-corrected chi connectivity index (χ2v) is 15.6. The van der Waals surface area contributed by atoms with E-state index in [9.17, 15) is 14.4 Å². The number of imidazole rings is 2. The molecule has 1 aliphatic heterocycles. The monoisotopic (exact) mass is 832 g/mol. The molecule has 1 fully saturated rings. The molecule has 0 unspecified atom stereocenters. The predicted molar refractivity (Wildman–Crippen MR) is 231 cm³/mol. The molecule has 0 bridgehead atoms. The highest BCUT2D eigenvalue weighted by molar-refractivity contribution is 5.99. The lowest BCUT2D eigenvalue weighted by molar-refractivity contribution is 0.0358. The van der Waals surface area contributed by atoms with Crippen LogP contribution in [0.25, 0.3) is 22.1 Å². The van der Waals surface area contributed by atoms with Crippen molar-refractivity contribution in [1.29, 1.82) is 0 Å². The minimum Gasteiger partial charge on any atom is -0.491 e. The van der Waals surface area contributed by atoms with Gasteiger partial charge in [0.25, 0.3) is 11.8 Å². The first kappa shape index (κ1) is 42.8. The van der Waals surface area contributed by atoms with Gasteiger partial charge in [0.15, 0.2) is 0 Å². The van der Waals surface area contributed by atoms with Crippen LogP contribution >= 0.6 is 0 Å². The maximum atomic E-state index is 14.0. The van der Waals surface area contributed by atoms with Crippen molar-refractivity contribution in [3.63, 3.8) is 0 Å². The van der Waals surface area contributed by atoms with Crippen molar-refractivity contribution in [1.82, 2.24) is 42.7 Å².